The molecule has 0 amide bonds. The van der Waals surface area contributed by atoms with Crippen LogP contribution in [0.25, 0.3) is 0 Å². The first-order chi connectivity index (χ1) is 9.47. The Morgan fingerprint density at radius 3 is 2.50 bits per heavy atom. The number of ether oxygens (including phenoxy) is 4. The molecule has 0 aromatic heterocycles. The van der Waals surface area contributed by atoms with Crippen LogP contribution >= 0.6 is 0 Å². The van der Waals surface area contributed by atoms with Crippen LogP contribution in [-0.4, -0.2) is 49.7 Å². The largest absolute Gasteiger partial charge is 0.394 e. The smallest absolute Gasteiger partial charge is 0.164 e. The van der Waals surface area contributed by atoms with E-state index in [1.807, 2.05) is 6.08 Å². The maximum Gasteiger partial charge on any atom is 0.164 e. The van der Waals surface area contributed by atoms with Gasteiger partial charge >= 0.3 is 0 Å². The number of rotatable bonds is 8. The lowest BCUT2D eigenvalue weighted by molar-refractivity contribution is -0.164. The minimum absolute atomic E-state index is 0.112. The van der Waals surface area contributed by atoms with Crippen LogP contribution in [0.3, 0.4) is 0 Å². The van der Waals surface area contributed by atoms with E-state index in [0.29, 0.717) is 0 Å². The van der Waals surface area contributed by atoms with Gasteiger partial charge in [-0.2, -0.15) is 0 Å². The fraction of sp³-hybridized carbons (Fsp3) is 0.600. The Hall–Kier alpha value is -0.980. The van der Waals surface area contributed by atoms with E-state index in [9.17, 15) is 5.11 Å². The van der Waals surface area contributed by atoms with E-state index < -0.39 is 24.1 Å². The van der Waals surface area contributed by atoms with Gasteiger partial charge in [-0.3, -0.25) is 0 Å². The Morgan fingerprint density at radius 2 is 2.00 bits per heavy atom. The van der Waals surface area contributed by atoms with Gasteiger partial charge in [0.15, 0.2) is 5.79 Å². The second-order valence-corrected chi connectivity index (χ2v) is 4.93. The van der Waals surface area contributed by atoms with Gasteiger partial charge in [0.05, 0.1) is 6.61 Å². The highest BCUT2D eigenvalue weighted by molar-refractivity contribution is 5.29. The van der Waals surface area contributed by atoms with E-state index in [2.05, 4.69) is 13.2 Å². The van der Waals surface area contributed by atoms with E-state index in [4.69, 9.17) is 18.9 Å². The second kappa shape index (κ2) is 7.71. The summed E-state index contributed by atoms with van der Waals surface area (Å²) in [5.41, 5.74) is 0.816. The van der Waals surface area contributed by atoms with Gasteiger partial charge < -0.3 is 24.1 Å². The first-order valence-corrected chi connectivity index (χ1v) is 6.51. The van der Waals surface area contributed by atoms with Crippen molar-refractivity contribution >= 4 is 0 Å². The van der Waals surface area contributed by atoms with Gasteiger partial charge in [0.1, 0.15) is 25.1 Å². The minimum Gasteiger partial charge on any atom is -0.394 e. The van der Waals surface area contributed by atoms with Crippen LogP contribution in [0.4, 0.5) is 0 Å². The highest BCUT2D eigenvalue weighted by Crippen LogP contribution is 2.31. The minimum atomic E-state index is -0.761. The zero-order chi connectivity index (χ0) is 15.2. The van der Waals surface area contributed by atoms with E-state index in [1.54, 1.807) is 33.1 Å². The molecule has 0 radical (unpaired) electrons. The Bertz CT molecular complexity index is 351. The summed E-state index contributed by atoms with van der Waals surface area (Å²) >= 11 is 0. The number of hydrogen-bond donors (Lipinski definition) is 1. The lowest BCUT2D eigenvalue weighted by Crippen LogP contribution is -2.38. The number of allylic oxidation sites excluding steroid dienone is 3. The zero-order valence-electron chi connectivity index (χ0n) is 12.4. The van der Waals surface area contributed by atoms with Crippen LogP contribution in [0.1, 0.15) is 13.8 Å². The van der Waals surface area contributed by atoms with Crippen LogP contribution in [0.5, 0.6) is 0 Å². The molecule has 0 saturated carbocycles. The highest BCUT2D eigenvalue weighted by Gasteiger charge is 2.44. The molecule has 0 spiro atoms. The first-order valence-electron chi connectivity index (χ1n) is 6.51. The fourth-order valence-electron chi connectivity index (χ4n) is 2.08. The molecule has 0 aromatic carbocycles. The molecule has 5 heteroatoms. The quantitative estimate of drug-likeness (QED) is 0.544. The molecular formula is C15H24O5. The summed E-state index contributed by atoms with van der Waals surface area (Å²) in [6.07, 6.45) is 3.85. The summed E-state index contributed by atoms with van der Waals surface area (Å²) in [5, 5.41) is 9.44. The van der Waals surface area contributed by atoms with Crippen molar-refractivity contribution in [2.45, 2.75) is 37.9 Å². The highest BCUT2D eigenvalue weighted by atomic mass is 16.8. The van der Waals surface area contributed by atoms with Crippen LogP contribution < -0.4 is 0 Å². The maximum absolute atomic E-state index is 9.44. The van der Waals surface area contributed by atoms with Crippen molar-refractivity contribution in [1.82, 2.24) is 0 Å². The van der Waals surface area contributed by atoms with Crippen LogP contribution in [0.2, 0.25) is 0 Å². The van der Waals surface area contributed by atoms with Gasteiger partial charge in [-0.1, -0.05) is 25.3 Å². The van der Waals surface area contributed by atoms with Gasteiger partial charge in [0.2, 0.25) is 0 Å². The van der Waals surface area contributed by atoms with Gasteiger partial charge in [-0.15, -0.1) is 0 Å². The summed E-state index contributed by atoms with van der Waals surface area (Å²) in [6.45, 7) is 11.0. The van der Waals surface area contributed by atoms with Crippen molar-refractivity contribution in [1.29, 1.82) is 0 Å². The topological polar surface area (TPSA) is 57.2 Å². The molecule has 3 atom stereocenters. The Morgan fingerprint density at radius 1 is 1.35 bits per heavy atom. The summed E-state index contributed by atoms with van der Waals surface area (Å²) in [7, 11) is 1.54. The van der Waals surface area contributed by atoms with Crippen LogP contribution in [0.15, 0.2) is 37.0 Å². The van der Waals surface area contributed by atoms with Crippen LogP contribution in [0, 0.1) is 0 Å². The molecule has 0 aliphatic carbocycles. The number of aliphatic hydroxyl groups is 1. The molecular weight excluding hydrogens is 260 g/mol. The fourth-order valence-corrected chi connectivity index (χ4v) is 2.08. The maximum atomic E-state index is 9.44. The van der Waals surface area contributed by atoms with E-state index in [1.165, 1.54) is 0 Å². The monoisotopic (exact) mass is 284 g/mol. The second-order valence-electron chi connectivity index (χ2n) is 4.93. The van der Waals surface area contributed by atoms with Crippen molar-refractivity contribution in [2.75, 3.05) is 20.5 Å². The van der Waals surface area contributed by atoms with Gasteiger partial charge in [-0.25, -0.2) is 0 Å². The van der Waals surface area contributed by atoms with Crippen molar-refractivity contribution in [2.24, 2.45) is 0 Å². The third-order valence-corrected chi connectivity index (χ3v) is 2.93. The van der Waals surface area contributed by atoms with Crippen LogP contribution in [-0.2, 0) is 18.9 Å². The molecule has 1 aliphatic heterocycles. The van der Waals surface area contributed by atoms with Gasteiger partial charge in [0.25, 0.3) is 0 Å². The Balaban J connectivity index is 2.94. The summed E-state index contributed by atoms with van der Waals surface area (Å²) in [6, 6.07) is 0. The molecule has 1 rings (SSSR count). The van der Waals surface area contributed by atoms with Crippen molar-refractivity contribution in [3.8, 4) is 0 Å². The number of hydrogen-bond acceptors (Lipinski definition) is 5. The molecule has 1 heterocycles. The summed E-state index contributed by atoms with van der Waals surface area (Å²) < 4.78 is 22.0. The Labute approximate surface area is 120 Å². The summed E-state index contributed by atoms with van der Waals surface area (Å²) in [5.74, 6) is -0.761. The predicted octanol–water partition coefficient (Wildman–Crippen LogP) is 1.79. The third-order valence-electron chi connectivity index (χ3n) is 2.93. The molecule has 1 aliphatic rings. The average molecular weight is 284 g/mol. The van der Waals surface area contributed by atoms with Gasteiger partial charge in [-0.05, 0) is 25.5 Å². The zero-order valence-corrected chi connectivity index (χ0v) is 12.4. The molecule has 20 heavy (non-hydrogen) atoms. The predicted molar refractivity (Wildman–Crippen MR) is 76.1 cm³/mol. The summed E-state index contributed by atoms with van der Waals surface area (Å²) in [4.78, 5) is 0. The normalized spacial score (nSPS) is 26.0. The number of methoxy groups -OCH3 is 1. The SMILES string of the molecule is C=CC(C=C)=C[C@H](OCOC)[C@H]1OC(C)(C)O[C@H]1CO. The third kappa shape index (κ3) is 4.54. The van der Waals surface area contributed by atoms with Crippen molar-refractivity contribution < 1.29 is 24.1 Å². The molecule has 0 unspecified atom stereocenters. The lowest BCUT2D eigenvalue weighted by atomic mass is 10.1. The van der Waals surface area contributed by atoms with E-state index >= 15 is 0 Å². The van der Waals surface area contributed by atoms with Gasteiger partial charge in [0, 0.05) is 7.11 Å². The molecule has 1 N–H and O–H groups in total. The standard InChI is InChI=1S/C15H24O5/c1-6-11(7-2)8-12(18-10-17-5)14-13(9-16)19-15(3,4)20-14/h6-8,12-14,16H,1-2,9-10H2,3-5H3/t12-,13-,14+/m0/s1. The molecule has 1 saturated heterocycles. The van der Waals surface area contributed by atoms with E-state index in [-0.39, 0.29) is 13.4 Å². The molecule has 114 valence electrons. The van der Waals surface area contributed by atoms with Crippen molar-refractivity contribution in [3.63, 3.8) is 0 Å². The van der Waals surface area contributed by atoms with Crippen molar-refractivity contribution in [3.05, 3.63) is 37.0 Å². The number of aliphatic hydroxyl groups excluding tert-OH is 1. The lowest BCUT2D eigenvalue weighted by Gasteiger charge is -2.24. The molecule has 0 bridgehead atoms. The van der Waals surface area contributed by atoms with E-state index in [0.717, 1.165) is 5.57 Å². The molecule has 0 aromatic rings. The average Bonchev–Trinajstić information content (AvgIpc) is 2.74. The first kappa shape index (κ1) is 17.1. The molecule has 1 fully saturated rings. The Kier molecular flexibility index (Phi) is 6.58. The molecule has 5 nitrogen and oxygen atoms in total.